The van der Waals surface area contributed by atoms with Gasteiger partial charge in [0.1, 0.15) is 30.1 Å². The lowest BCUT2D eigenvalue weighted by atomic mass is 9.81. The van der Waals surface area contributed by atoms with Gasteiger partial charge >= 0.3 is 11.9 Å². The first-order valence-corrected chi connectivity index (χ1v) is 23.8. The van der Waals surface area contributed by atoms with Crippen molar-refractivity contribution in [3.8, 4) is 0 Å². The lowest BCUT2D eigenvalue weighted by molar-refractivity contribution is -0.302. The molecule has 0 aromatic heterocycles. The molecule has 3 fully saturated rings. The zero-order valence-electron chi connectivity index (χ0n) is 40.1. The summed E-state index contributed by atoms with van der Waals surface area (Å²) < 4.78 is 36.1. The van der Waals surface area contributed by atoms with Crippen molar-refractivity contribution in [3.05, 3.63) is 59.2 Å². The smallest absolute Gasteiger partial charge is 0.329 e. The lowest BCUT2D eigenvalue weighted by Gasteiger charge is -2.47. The molecule has 0 radical (unpaired) electrons. The number of allylic oxidation sites excluding steroid dienone is 3. The number of piperidine rings is 1. The highest BCUT2D eigenvalue weighted by molar-refractivity contribution is 6.39. The third-order valence-corrected chi connectivity index (χ3v) is 14.3. The maximum Gasteiger partial charge on any atom is 0.329 e. The van der Waals surface area contributed by atoms with Crippen LogP contribution in [0.3, 0.4) is 0 Å². The van der Waals surface area contributed by atoms with Crippen LogP contribution in [0.25, 0.3) is 0 Å². The molecule has 65 heavy (non-hydrogen) atoms. The normalized spacial score (nSPS) is 37.3. The molecule has 14 atom stereocenters. The second-order valence-electron chi connectivity index (χ2n) is 19.3. The van der Waals surface area contributed by atoms with E-state index in [1.807, 2.05) is 70.2 Å². The summed E-state index contributed by atoms with van der Waals surface area (Å²) in [7, 11) is 4.65. The van der Waals surface area contributed by atoms with E-state index in [0.29, 0.717) is 56.9 Å². The Balaban J connectivity index is 1.46. The Morgan fingerprint density at radius 1 is 0.892 bits per heavy atom. The monoisotopic (exact) mass is 910 g/mol. The molecule has 1 aromatic carbocycles. The Bertz CT molecular complexity index is 1850. The van der Waals surface area contributed by atoms with Gasteiger partial charge in [-0.3, -0.25) is 19.2 Å². The highest BCUT2D eigenvalue weighted by Crippen LogP contribution is 2.39. The molecule has 4 aliphatic rings. The van der Waals surface area contributed by atoms with Crippen molar-refractivity contribution in [2.45, 2.75) is 173 Å². The average molecular weight is 910 g/mol. The first-order chi connectivity index (χ1) is 30.9. The van der Waals surface area contributed by atoms with E-state index in [4.69, 9.17) is 28.4 Å². The Kier molecular flexibility index (Phi) is 19.1. The predicted octanol–water partition coefficient (Wildman–Crippen LogP) is 6.27. The van der Waals surface area contributed by atoms with E-state index >= 15 is 0 Å². The van der Waals surface area contributed by atoms with Crippen LogP contribution in [0.15, 0.2) is 53.6 Å². The van der Waals surface area contributed by atoms with Crippen LogP contribution in [0.2, 0.25) is 0 Å². The molecule has 1 saturated carbocycles. The molecule has 1 aromatic rings. The van der Waals surface area contributed by atoms with Crippen LogP contribution in [0.5, 0.6) is 0 Å². The maximum absolute atomic E-state index is 14.5. The summed E-state index contributed by atoms with van der Waals surface area (Å²) >= 11 is 0. The fourth-order valence-electron chi connectivity index (χ4n) is 10.5. The molecule has 2 N–H and O–H groups in total. The van der Waals surface area contributed by atoms with Gasteiger partial charge in [-0.2, -0.15) is 0 Å². The molecule has 5 rings (SSSR count). The number of hydrogen-bond acceptors (Lipinski definition) is 13. The van der Waals surface area contributed by atoms with Gasteiger partial charge in [-0.25, -0.2) is 4.79 Å². The van der Waals surface area contributed by atoms with Gasteiger partial charge in [-0.05, 0) is 101 Å². The number of carbonyl (C=O) groups excluding carboxylic acids is 5. The summed E-state index contributed by atoms with van der Waals surface area (Å²) in [5.74, 6) is -8.08. The second kappa shape index (κ2) is 23.8. The zero-order chi connectivity index (χ0) is 47.6. The van der Waals surface area contributed by atoms with Crippen LogP contribution in [-0.2, 0) is 58.8 Å². The number of amides is 1. The summed E-state index contributed by atoms with van der Waals surface area (Å²) in [4.78, 5) is 71.2. The van der Waals surface area contributed by atoms with Crippen LogP contribution >= 0.6 is 0 Å². The molecule has 3 aliphatic heterocycles. The number of ether oxygens (including phenoxy) is 6. The minimum atomic E-state index is -2.52. The van der Waals surface area contributed by atoms with Crippen LogP contribution in [0.1, 0.15) is 118 Å². The number of hydrogen-bond donors (Lipinski definition) is 2. The molecular formula is C51H75NO13. The molecular weight excluding hydrogens is 835 g/mol. The highest BCUT2D eigenvalue weighted by Gasteiger charge is 2.56. The molecule has 2 bridgehead atoms. The number of cyclic esters (lactones) is 1. The molecule has 1 amide bonds. The largest absolute Gasteiger partial charge is 0.459 e. The van der Waals surface area contributed by atoms with E-state index in [-0.39, 0.29) is 55.8 Å². The molecule has 362 valence electrons. The SMILES string of the molecule is CC[C@@H]1/C=C(\C)C[C@H](C)CC(OC)[C@H]2O[C@@](O)(C(=O)C(=O)N3CCCC[C@H]3C(=O)O[C@H](/C(C)=C/[C@@H]3CC[C@@H](OC(=O)Cc4ccccc4)[C@H](OC)C3)[C@H](C)[C@@H](O)CC1=O)[C@H](C)C[C@@H]2OC. The molecule has 14 heteroatoms. The van der Waals surface area contributed by atoms with Gasteiger partial charge in [-0.15, -0.1) is 0 Å². The fourth-order valence-corrected chi connectivity index (χ4v) is 10.5. The number of esters is 2. The number of ketones is 2. The minimum absolute atomic E-state index is 0.0195. The van der Waals surface area contributed by atoms with E-state index in [9.17, 15) is 34.2 Å². The first kappa shape index (κ1) is 52.2. The highest BCUT2D eigenvalue weighted by atomic mass is 16.7. The Morgan fingerprint density at radius 3 is 2.23 bits per heavy atom. The van der Waals surface area contributed by atoms with Crippen LogP contribution < -0.4 is 0 Å². The van der Waals surface area contributed by atoms with Crippen molar-refractivity contribution in [2.24, 2.45) is 29.6 Å². The number of aliphatic hydroxyl groups is 2. The number of aliphatic hydroxyl groups excluding tert-OH is 1. The van der Waals surface area contributed by atoms with E-state index in [1.54, 1.807) is 21.0 Å². The average Bonchev–Trinajstić information content (AvgIpc) is 3.29. The van der Waals surface area contributed by atoms with Crippen LogP contribution in [0, 0.1) is 29.6 Å². The summed E-state index contributed by atoms with van der Waals surface area (Å²) in [6.45, 7) is 11.2. The molecule has 1 aliphatic carbocycles. The fraction of sp³-hybridized carbons (Fsp3) is 0.706. The van der Waals surface area contributed by atoms with Crippen LogP contribution in [0.4, 0.5) is 0 Å². The Morgan fingerprint density at radius 2 is 1.57 bits per heavy atom. The van der Waals surface area contributed by atoms with E-state index in [2.05, 4.69) is 0 Å². The number of rotatable bonds is 9. The summed E-state index contributed by atoms with van der Waals surface area (Å²) in [6.07, 6.45) is 3.63. The van der Waals surface area contributed by atoms with Gasteiger partial charge in [0.05, 0.1) is 30.8 Å². The van der Waals surface area contributed by atoms with Gasteiger partial charge < -0.3 is 43.5 Å². The summed E-state index contributed by atoms with van der Waals surface area (Å²) in [5, 5.41) is 23.9. The molecule has 1 unspecified atom stereocenters. The van der Waals surface area contributed by atoms with Crippen molar-refractivity contribution in [2.75, 3.05) is 27.9 Å². The number of fused-ring (bicyclic) bond motifs is 3. The molecule has 14 nitrogen and oxygen atoms in total. The molecule has 2 saturated heterocycles. The standard InChI is InChI=1S/C51H75NO13/c1-10-37-23-30(2)22-31(3)24-43(61-8)47-44(62-9)26-33(5)51(59,65-47)48(56)49(57)52-21-15-14-18-38(52)50(58)64-46(34(6)39(53)29-40(37)54)32(4)25-36-19-20-41(42(27-36)60-7)63-45(55)28-35-16-12-11-13-17-35/h11-13,16-17,23,25,31,33-34,36-39,41-44,46-47,53,59H,10,14-15,18-22,24,26-29H2,1-9H3/b30-23+,32-25+/t31-,33+,34+,36-,37+,38-,39-,41+,42+,43?,44-,46+,47+,51+/m0/s1. The number of Topliss-reactive ketones (excluding diaryl/α,β-unsaturated/α-hetero) is 2. The third kappa shape index (κ3) is 13.0. The maximum atomic E-state index is 14.5. The lowest BCUT2D eigenvalue weighted by Crippen LogP contribution is -2.64. The van der Waals surface area contributed by atoms with Crippen molar-refractivity contribution in [3.63, 3.8) is 0 Å². The third-order valence-electron chi connectivity index (χ3n) is 14.3. The number of benzene rings is 1. The second-order valence-corrected chi connectivity index (χ2v) is 19.3. The first-order valence-electron chi connectivity index (χ1n) is 23.8. The van der Waals surface area contributed by atoms with Gasteiger partial charge in [0, 0.05) is 52.0 Å². The van der Waals surface area contributed by atoms with E-state index in [1.165, 1.54) is 19.1 Å². The van der Waals surface area contributed by atoms with Crippen LogP contribution in [-0.4, -0.2) is 127 Å². The van der Waals surface area contributed by atoms with Crippen molar-refractivity contribution < 1.29 is 62.6 Å². The van der Waals surface area contributed by atoms with Crippen molar-refractivity contribution in [1.82, 2.24) is 4.90 Å². The van der Waals surface area contributed by atoms with E-state index < -0.39 is 90.0 Å². The van der Waals surface area contributed by atoms with Gasteiger partial charge in [0.15, 0.2) is 0 Å². The van der Waals surface area contributed by atoms with E-state index in [0.717, 1.165) is 11.1 Å². The number of carbonyl (C=O) groups is 5. The quantitative estimate of drug-likeness (QED) is 0.161. The summed E-state index contributed by atoms with van der Waals surface area (Å²) in [5.41, 5.74) is 2.48. The number of nitrogens with zero attached hydrogens (tertiary/aromatic N) is 1. The van der Waals surface area contributed by atoms with Gasteiger partial charge in [-0.1, -0.05) is 75.8 Å². The predicted molar refractivity (Wildman–Crippen MR) is 242 cm³/mol. The summed E-state index contributed by atoms with van der Waals surface area (Å²) in [6, 6.07) is 8.23. The van der Waals surface area contributed by atoms with Crippen molar-refractivity contribution >= 4 is 29.4 Å². The molecule has 3 heterocycles. The van der Waals surface area contributed by atoms with Crippen molar-refractivity contribution in [1.29, 1.82) is 0 Å². The molecule has 0 spiro atoms. The Labute approximate surface area is 385 Å². The van der Waals surface area contributed by atoms with Gasteiger partial charge in [0.25, 0.3) is 11.7 Å². The minimum Gasteiger partial charge on any atom is -0.459 e. The topological polar surface area (TPSA) is 184 Å². The Hall–Kier alpha value is -3.79. The van der Waals surface area contributed by atoms with Gasteiger partial charge in [0.2, 0.25) is 5.79 Å². The zero-order valence-corrected chi connectivity index (χ0v) is 40.1. The number of methoxy groups -OCH3 is 3.